The van der Waals surface area contributed by atoms with Crippen LogP contribution in [0.1, 0.15) is 28.5 Å². The highest BCUT2D eigenvalue weighted by Crippen LogP contribution is 2.16. The van der Waals surface area contributed by atoms with Crippen LogP contribution in [0.15, 0.2) is 67.0 Å². The highest BCUT2D eigenvalue weighted by molar-refractivity contribution is 6.03. The summed E-state index contributed by atoms with van der Waals surface area (Å²) >= 11 is 0. The largest absolute Gasteiger partial charge is 0.352 e. The number of aromatic nitrogens is 2. The summed E-state index contributed by atoms with van der Waals surface area (Å²) < 4.78 is 0. The van der Waals surface area contributed by atoms with Crippen molar-refractivity contribution in [1.29, 1.82) is 0 Å². The zero-order valence-electron chi connectivity index (χ0n) is 15.0. The molecule has 5 heteroatoms. The molecule has 0 unspecified atom stereocenters. The summed E-state index contributed by atoms with van der Waals surface area (Å²) in [6.45, 7) is 5.57. The summed E-state index contributed by atoms with van der Waals surface area (Å²) in [5.74, 6) is 0.496. The summed E-state index contributed by atoms with van der Waals surface area (Å²) in [6, 6.07) is 19.6. The van der Waals surface area contributed by atoms with Crippen molar-refractivity contribution < 1.29 is 4.79 Å². The molecule has 2 aromatic carbocycles. The van der Waals surface area contributed by atoms with Gasteiger partial charge < -0.3 is 10.2 Å². The molecule has 26 heavy (non-hydrogen) atoms. The van der Waals surface area contributed by atoms with E-state index in [0.29, 0.717) is 5.69 Å². The number of benzene rings is 2. The molecule has 1 N–H and O–H groups in total. The number of rotatable bonds is 6. The molecule has 0 aliphatic carbocycles. The highest BCUT2D eigenvalue weighted by Gasteiger charge is 2.13. The third kappa shape index (κ3) is 4.45. The topological polar surface area (TPSA) is 58.1 Å². The van der Waals surface area contributed by atoms with Crippen molar-refractivity contribution in [1.82, 2.24) is 9.97 Å². The third-order valence-corrected chi connectivity index (χ3v) is 4.08. The molecule has 0 aliphatic rings. The molecular weight excluding hydrogens is 324 g/mol. The third-order valence-electron chi connectivity index (χ3n) is 4.08. The molecule has 5 nitrogen and oxygen atoms in total. The van der Waals surface area contributed by atoms with Crippen molar-refractivity contribution in [3.63, 3.8) is 0 Å². The molecule has 0 radical (unpaired) electrons. The van der Waals surface area contributed by atoms with Gasteiger partial charge in [0, 0.05) is 24.8 Å². The molecule has 0 spiro atoms. The summed E-state index contributed by atoms with van der Waals surface area (Å²) in [4.78, 5) is 23.1. The average molecular weight is 346 g/mol. The molecule has 3 aromatic rings. The van der Waals surface area contributed by atoms with E-state index < -0.39 is 0 Å². The van der Waals surface area contributed by atoms with Crippen molar-refractivity contribution in [2.45, 2.75) is 20.4 Å². The molecule has 1 amide bonds. The molecule has 3 rings (SSSR count). The normalized spacial score (nSPS) is 10.4. The Balaban J connectivity index is 1.77. The highest BCUT2D eigenvalue weighted by atomic mass is 16.1. The minimum absolute atomic E-state index is 0.241. The zero-order valence-corrected chi connectivity index (χ0v) is 15.0. The molecule has 1 heterocycles. The Morgan fingerprint density at radius 2 is 1.85 bits per heavy atom. The number of amides is 1. The van der Waals surface area contributed by atoms with Crippen LogP contribution in [0.25, 0.3) is 0 Å². The van der Waals surface area contributed by atoms with Crippen LogP contribution >= 0.6 is 0 Å². The first-order valence-corrected chi connectivity index (χ1v) is 8.64. The molecule has 0 bridgehead atoms. The minimum Gasteiger partial charge on any atom is -0.352 e. The Morgan fingerprint density at radius 1 is 1.04 bits per heavy atom. The average Bonchev–Trinajstić information content (AvgIpc) is 2.67. The van der Waals surface area contributed by atoms with Gasteiger partial charge in [0.2, 0.25) is 0 Å². The van der Waals surface area contributed by atoms with E-state index in [1.165, 1.54) is 11.9 Å². The van der Waals surface area contributed by atoms with Gasteiger partial charge in [-0.05, 0) is 37.1 Å². The first-order valence-electron chi connectivity index (χ1n) is 8.64. The lowest BCUT2D eigenvalue weighted by Crippen LogP contribution is -2.24. The fourth-order valence-electron chi connectivity index (χ4n) is 2.72. The summed E-state index contributed by atoms with van der Waals surface area (Å²) in [5.41, 5.74) is 3.39. The number of anilines is 2. The van der Waals surface area contributed by atoms with Crippen molar-refractivity contribution in [3.05, 3.63) is 83.8 Å². The van der Waals surface area contributed by atoms with Crippen LogP contribution in [0, 0.1) is 6.92 Å². The molecule has 0 atom stereocenters. The SMILES string of the molecule is CCN(Cc1ccccc1)c1cc(C(=O)Nc2cccc(C)c2)ncn1. The van der Waals surface area contributed by atoms with E-state index in [9.17, 15) is 4.79 Å². The maximum absolute atomic E-state index is 12.5. The van der Waals surface area contributed by atoms with Crippen LogP contribution in [-0.4, -0.2) is 22.4 Å². The van der Waals surface area contributed by atoms with Gasteiger partial charge in [0.25, 0.3) is 5.91 Å². The summed E-state index contributed by atoms with van der Waals surface area (Å²) in [7, 11) is 0. The fourth-order valence-corrected chi connectivity index (χ4v) is 2.72. The number of nitrogens with zero attached hydrogens (tertiary/aromatic N) is 3. The Labute approximate surface area is 153 Å². The molecular formula is C21H22N4O. The molecule has 0 aliphatic heterocycles. The van der Waals surface area contributed by atoms with Crippen LogP contribution in [0.5, 0.6) is 0 Å². The monoisotopic (exact) mass is 346 g/mol. The van der Waals surface area contributed by atoms with Crippen LogP contribution < -0.4 is 10.2 Å². The lowest BCUT2D eigenvalue weighted by molar-refractivity contribution is 0.102. The molecule has 0 saturated heterocycles. The standard InChI is InChI=1S/C21H22N4O/c1-3-25(14-17-9-5-4-6-10-17)20-13-19(22-15-23-20)21(26)24-18-11-7-8-16(2)12-18/h4-13,15H,3,14H2,1-2H3,(H,24,26). The fraction of sp³-hybridized carbons (Fsp3) is 0.190. The molecule has 132 valence electrons. The van der Waals surface area contributed by atoms with Gasteiger partial charge in [0.15, 0.2) is 0 Å². The van der Waals surface area contributed by atoms with Gasteiger partial charge in [0.1, 0.15) is 17.8 Å². The van der Waals surface area contributed by atoms with E-state index in [1.54, 1.807) is 6.07 Å². The second-order valence-electron chi connectivity index (χ2n) is 6.08. The van der Waals surface area contributed by atoms with Crippen molar-refractivity contribution >= 4 is 17.4 Å². The van der Waals surface area contributed by atoms with E-state index in [2.05, 4.69) is 39.2 Å². The van der Waals surface area contributed by atoms with E-state index in [0.717, 1.165) is 30.2 Å². The van der Waals surface area contributed by atoms with Gasteiger partial charge in [-0.3, -0.25) is 4.79 Å². The van der Waals surface area contributed by atoms with Gasteiger partial charge in [0.05, 0.1) is 0 Å². The van der Waals surface area contributed by atoms with Gasteiger partial charge >= 0.3 is 0 Å². The number of hydrogen-bond donors (Lipinski definition) is 1. The Kier molecular flexibility index (Phi) is 5.59. The van der Waals surface area contributed by atoms with E-state index in [1.807, 2.05) is 49.4 Å². The first-order chi connectivity index (χ1) is 12.7. The molecule has 0 fully saturated rings. The maximum atomic E-state index is 12.5. The maximum Gasteiger partial charge on any atom is 0.274 e. The number of nitrogens with one attached hydrogen (secondary N) is 1. The molecule has 0 saturated carbocycles. The van der Waals surface area contributed by atoms with Gasteiger partial charge in [-0.25, -0.2) is 9.97 Å². The Bertz CT molecular complexity index is 880. The van der Waals surface area contributed by atoms with Crippen LogP contribution in [0.2, 0.25) is 0 Å². The van der Waals surface area contributed by atoms with Crippen molar-refractivity contribution in [2.75, 3.05) is 16.8 Å². The second-order valence-corrected chi connectivity index (χ2v) is 6.08. The van der Waals surface area contributed by atoms with E-state index >= 15 is 0 Å². The Hall–Kier alpha value is -3.21. The smallest absolute Gasteiger partial charge is 0.274 e. The number of carbonyl (C=O) groups is 1. The van der Waals surface area contributed by atoms with Crippen LogP contribution in [0.4, 0.5) is 11.5 Å². The van der Waals surface area contributed by atoms with Crippen molar-refractivity contribution in [3.8, 4) is 0 Å². The minimum atomic E-state index is -0.241. The van der Waals surface area contributed by atoms with Crippen LogP contribution in [-0.2, 0) is 6.54 Å². The summed E-state index contributed by atoms with van der Waals surface area (Å²) in [6.07, 6.45) is 1.44. The predicted octanol–water partition coefficient (Wildman–Crippen LogP) is 4.06. The van der Waals surface area contributed by atoms with E-state index in [-0.39, 0.29) is 5.91 Å². The quantitative estimate of drug-likeness (QED) is 0.731. The zero-order chi connectivity index (χ0) is 18.4. The molecule has 1 aromatic heterocycles. The van der Waals surface area contributed by atoms with Gasteiger partial charge in [-0.2, -0.15) is 0 Å². The first kappa shape index (κ1) is 17.6. The lowest BCUT2D eigenvalue weighted by Gasteiger charge is -2.22. The van der Waals surface area contributed by atoms with Crippen LogP contribution in [0.3, 0.4) is 0 Å². The second kappa shape index (κ2) is 8.25. The predicted molar refractivity (Wildman–Crippen MR) is 104 cm³/mol. The van der Waals surface area contributed by atoms with Gasteiger partial charge in [-0.1, -0.05) is 42.5 Å². The number of hydrogen-bond acceptors (Lipinski definition) is 4. The van der Waals surface area contributed by atoms with Crippen molar-refractivity contribution in [2.24, 2.45) is 0 Å². The van der Waals surface area contributed by atoms with E-state index in [4.69, 9.17) is 0 Å². The summed E-state index contributed by atoms with van der Waals surface area (Å²) in [5, 5.41) is 2.89. The van der Waals surface area contributed by atoms with Gasteiger partial charge in [-0.15, -0.1) is 0 Å². The number of carbonyl (C=O) groups excluding carboxylic acids is 1. The Morgan fingerprint density at radius 3 is 2.58 bits per heavy atom. The lowest BCUT2D eigenvalue weighted by atomic mass is 10.2. The number of aryl methyl sites for hydroxylation is 1.